The zero-order valence-electron chi connectivity index (χ0n) is 15.4. The van der Waals surface area contributed by atoms with Crippen molar-refractivity contribution in [3.05, 3.63) is 0 Å². The van der Waals surface area contributed by atoms with Gasteiger partial charge in [-0.15, -0.1) is 0 Å². The highest BCUT2D eigenvalue weighted by Gasteiger charge is 2.09. The lowest BCUT2D eigenvalue weighted by Crippen LogP contribution is -2.08. The Bertz CT molecular complexity index is 250. The maximum absolute atomic E-state index is 10.7. The van der Waals surface area contributed by atoms with Gasteiger partial charge in [0.05, 0.1) is 5.92 Å². The molecule has 0 bridgehead atoms. The second-order valence-corrected chi connectivity index (χ2v) is 7.25. The number of hydrogen-bond acceptors (Lipinski definition) is 1. The van der Waals surface area contributed by atoms with Crippen LogP contribution in [0.25, 0.3) is 0 Å². The molecule has 0 aliphatic rings. The van der Waals surface area contributed by atoms with E-state index in [0.29, 0.717) is 0 Å². The number of rotatable bonds is 16. The fourth-order valence-electron chi connectivity index (χ4n) is 3.01. The molecule has 0 aliphatic carbocycles. The van der Waals surface area contributed by atoms with Crippen LogP contribution in [0.1, 0.15) is 111 Å². The Kier molecular flexibility index (Phi) is 15.0. The zero-order valence-corrected chi connectivity index (χ0v) is 15.4. The Morgan fingerprint density at radius 1 is 0.727 bits per heavy atom. The van der Waals surface area contributed by atoms with Gasteiger partial charge < -0.3 is 5.11 Å². The third-order valence-electron chi connectivity index (χ3n) is 4.81. The first-order valence-corrected chi connectivity index (χ1v) is 9.80. The van der Waals surface area contributed by atoms with E-state index in [4.69, 9.17) is 5.11 Å². The highest BCUT2D eigenvalue weighted by molar-refractivity contribution is 5.69. The van der Waals surface area contributed by atoms with E-state index in [-0.39, 0.29) is 5.92 Å². The molecular weight excluding hydrogens is 272 g/mol. The van der Waals surface area contributed by atoms with Gasteiger partial charge in [-0.1, -0.05) is 104 Å². The van der Waals surface area contributed by atoms with Crippen molar-refractivity contribution in [1.29, 1.82) is 0 Å². The van der Waals surface area contributed by atoms with Gasteiger partial charge in [0.1, 0.15) is 0 Å². The molecule has 0 radical (unpaired) electrons. The lowest BCUT2D eigenvalue weighted by Gasteiger charge is -2.11. The predicted molar refractivity (Wildman–Crippen MR) is 96.3 cm³/mol. The van der Waals surface area contributed by atoms with E-state index in [1.54, 1.807) is 0 Å². The first kappa shape index (κ1) is 21.5. The van der Waals surface area contributed by atoms with Crippen LogP contribution in [-0.4, -0.2) is 11.1 Å². The standard InChI is InChI=1S/C20H40O2/c1-4-5-6-7-8-9-12-15-18(2)16-13-10-11-14-17-19(3)20(21)22/h18-19H,4-17H2,1-3H3,(H,21,22). The summed E-state index contributed by atoms with van der Waals surface area (Å²) >= 11 is 0. The average molecular weight is 313 g/mol. The second kappa shape index (κ2) is 15.4. The van der Waals surface area contributed by atoms with Crippen molar-refractivity contribution in [2.75, 3.05) is 0 Å². The van der Waals surface area contributed by atoms with Crippen LogP contribution >= 0.6 is 0 Å². The predicted octanol–water partition coefficient (Wildman–Crippen LogP) is 6.82. The fourth-order valence-corrected chi connectivity index (χ4v) is 3.01. The molecule has 0 aromatic heterocycles. The molecule has 0 aromatic carbocycles. The minimum absolute atomic E-state index is 0.170. The van der Waals surface area contributed by atoms with Crippen molar-refractivity contribution in [2.45, 2.75) is 111 Å². The fraction of sp³-hybridized carbons (Fsp3) is 0.950. The van der Waals surface area contributed by atoms with Gasteiger partial charge in [0, 0.05) is 0 Å². The van der Waals surface area contributed by atoms with Gasteiger partial charge in [-0.25, -0.2) is 0 Å². The van der Waals surface area contributed by atoms with Crippen molar-refractivity contribution in [2.24, 2.45) is 11.8 Å². The van der Waals surface area contributed by atoms with Gasteiger partial charge in [-0.2, -0.15) is 0 Å². The number of hydrogen-bond donors (Lipinski definition) is 1. The van der Waals surface area contributed by atoms with Crippen molar-refractivity contribution < 1.29 is 9.90 Å². The van der Waals surface area contributed by atoms with Crippen molar-refractivity contribution in [3.8, 4) is 0 Å². The van der Waals surface area contributed by atoms with E-state index >= 15 is 0 Å². The molecule has 2 unspecified atom stereocenters. The molecule has 0 spiro atoms. The summed E-state index contributed by atoms with van der Waals surface area (Å²) in [5, 5.41) is 8.82. The first-order valence-electron chi connectivity index (χ1n) is 9.80. The Labute approximate surface area is 139 Å². The maximum Gasteiger partial charge on any atom is 0.306 e. The summed E-state index contributed by atoms with van der Waals surface area (Å²) in [6, 6.07) is 0. The largest absolute Gasteiger partial charge is 0.481 e. The molecule has 22 heavy (non-hydrogen) atoms. The van der Waals surface area contributed by atoms with Crippen molar-refractivity contribution >= 4 is 5.97 Å². The lowest BCUT2D eigenvalue weighted by molar-refractivity contribution is -0.141. The Hall–Kier alpha value is -0.530. The SMILES string of the molecule is CCCCCCCCCC(C)CCCCCCC(C)C(=O)O. The van der Waals surface area contributed by atoms with Crippen LogP contribution < -0.4 is 0 Å². The van der Waals surface area contributed by atoms with Crippen LogP contribution in [0.4, 0.5) is 0 Å². The summed E-state index contributed by atoms with van der Waals surface area (Å²) in [5.74, 6) is 0.0492. The number of carboxylic acid groups (broad SMARTS) is 1. The van der Waals surface area contributed by atoms with E-state index in [1.165, 1.54) is 77.0 Å². The third-order valence-corrected chi connectivity index (χ3v) is 4.81. The Morgan fingerprint density at radius 2 is 1.14 bits per heavy atom. The van der Waals surface area contributed by atoms with Crippen LogP contribution in [0.3, 0.4) is 0 Å². The summed E-state index contributed by atoms with van der Waals surface area (Å²) in [4.78, 5) is 10.7. The van der Waals surface area contributed by atoms with Crippen LogP contribution in [-0.2, 0) is 4.79 Å². The molecule has 0 saturated carbocycles. The molecule has 0 amide bonds. The zero-order chi connectivity index (χ0) is 16.6. The molecular formula is C20H40O2. The molecule has 0 aliphatic heterocycles. The highest BCUT2D eigenvalue weighted by Crippen LogP contribution is 2.19. The topological polar surface area (TPSA) is 37.3 Å². The monoisotopic (exact) mass is 312 g/mol. The minimum Gasteiger partial charge on any atom is -0.481 e. The Balaban J connectivity index is 3.25. The van der Waals surface area contributed by atoms with Gasteiger partial charge in [-0.05, 0) is 12.3 Å². The van der Waals surface area contributed by atoms with Gasteiger partial charge in [0.15, 0.2) is 0 Å². The Morgan fingerprint density at radius 3 is 1.59 bits per heavy atom. The smallest absolute Gasteiger partial charge is 0.306 e. The number of carbonyl (C=O) groups is 1. The summed E-state index contributed by atoms with van der Waals surface area (Å²) < 4.78 is 0. The number of carboxylic acids is 1. The molecule has 1 N–H and O–H groups in total. The average Bonchev–Trinajstić information content (AvgIpc) is 2.49. The summed E-state index contributed by atoms with van der Waals surface area (Å²) in [6.45, 7) is 6.48. The molecule has 0 fully saturated rings. The first-order chi connectivity index (χ1) is 10.6. The van der Waals surface area contributed by atoms with Crippen LogP contribution in [0, 0.1) is 11.8 Å². The van der Waals surface area contributed by atoms with Gasteiger partial charge in [0.2, 0.25) is 0 Å². The van der Waals surface area contributed by atoms with E-state index in [0.717, 1.165) is 18.8 Å². The van der Waals surface area contributed by atoms with Crippen molar-refractivity contribution in [1.82, 2.24) is 0 Å². The second-order valence-electron chi connectivity index (χ2n) is 7.25. The third kappa shape index (κ3) is 14.4. The molecule has 0 aromatic rings. The summed E-state index contributed by atoms with van der Waals surface area (Å²) in [6.07, 6.45) is 18.3. The molecule has 0 saturated heterocycles. The summed E-state index contributed by atoms with van der Waals surface area (Å²) in [7, 11) is 0. The highest BCUT2D eigenvalue weighted by atomic mass is 16.4. The van der Waals surface area contributed by atoms with Gasteiger partial charge in [0.25, 0.3) is 0 Å². The normalized spacial score (nSPS) is 14.0. The van der Waals surface area contributed by atoms with Crippen molar-refractivity contribution in [3.63, 3.8) is 0 Å². The van der Waals surface area contributed by atoms with Crippen LogP contribution in [0.15, 0.2) is 0 Å². The van der Waals surface area contributed by atoms with Gasteiger partial charge in [-0.3, -0.25) is 4.79 Å². The van der Waals surface area contributed by atoms with E-state index < -0.39 is 5.97 Å². The maximum atomic E-state index is 10.7. The van der Waals surface area contributed by atoms with E-state index in [1.807, 2.05) is 6.92 Å². The summed E-state index contributed by atoms with van der Waals surface area (Å²) in [5.41, 5.74) is 0. The quantitative estimate of drug-likeness (QED) is 0.317. The molecule has 0 rings (SSSR count). The van der Waals surface area contributed by atoms with Crippen LogP contribution in [0.5, 0.6) is 0 Å². The molecule has 2 atom stereocenters. The van der Waals surface area contributed by atoms with Crippen LogP contribution in [0.2, 0.25) is 0 Å². The number of unbranched alkanes of at least 4 members (excludes halogenated alkanes) is 9. The molecule has 132 valence electrons. The van der Waals surface area contributed by atoms with E-state index in [2.05, 4.69) is 13.8 Å². The lowest BCUT2D eigenvalue weighted by atomic mass is 9.95. The van der Waals surface area contributed by atoms with E-state index in [9.17, 15) is 4.79 Å². The molecule has 2 heteroatoms. The minimum atomic E-state index is -0.650. The molecule has 0 heterocycles. The van der Waals surface area contributed by atoms with Gasteiger partial charge >= 0.3 is 5.97 Å². The molecule has 2 nitrogen and oxygen atoms in total. The number of aliphatic carboxylic acids is 1.